The van der Waals surface area contributed by atoms with E-state index in [0.29, 0.717) is 18.1 Å². The smallest absolute Gasteiger partial charge is 0.0628 e. The van der Waals surface area contributed by atoms with Gasteiger partial charge in [-0.05, 0) is 44.1 Å². The molecule has 0 aromatic heterocycles. The van der Waals surface area contributed by atoms with Crippen molar-refractivity contribution in [2.75, 3.05) is 13.1 Å². The molecule has 4 atom stereocenters. The van der Waals surface area contributed by atoms with Gasteiger partial charge in [-0.3, -0.25) is 0 Å². The van der Waals surface area contributed by atoms with Gasteiger partial charge in [-0.25, -0.2) is 0 Å². The molecule has 126 valence electrons. The molecule has 1 aliphatic rings. The van der Waals surface area contributed by atoms with Gasteiger partial charge in [0.1, 0.15) is 0 Å². The highest BCUT2D eigenvalue weighted by Gasteiger charge is 2.23. The number of nitrogens with one attached hydrogen (secondary N) is 1. The number of hydrogen-bond acceptors (Lipinski definition) is 2. The molecule has 0 bridgehead atoms. The lowest BCUT2D eigenvalue weighted by molar-refractivity contribution is -0.0470. The van der Waals surface area contributed by atoms with Crippen LogP contribution in [0.4, 0.5) is 0 Å². The molecule has 2 heteroatoms. The highest BCUT2D eigenvalue weighted by Crippen LogP contribution is 2.21. The molecule has 21 heavy (non-hydrogen) atoms. The minimum absolute atomic E-state index is 0.429. The standard InChI is InChI=1S/C19H39NO/c1-15(2)8-6-9-16(3)10-7-11-18(5)21-19-12-13-20-14-17(19)4/h15-20H,6-14H2,1-5H3. The maximum absolute atomic E-state index is 6.26. The molecule has 4 unspecified atom stereocenters. The Hall–Kier alpha value is -0.0800. The lowest BCUT2D eigenvalue weighted by Gasteiger charge is -2.32. The van der Waals surface area contributed by atoms with Gasteiger partial charge < -0.3 is 10.1 Å². The van der Waals surface area contributed by atoms with Gasteiger partial charge >= 0.3 is 0 Å². The molecule has 2 nitrogen and oxygen atoms in total. The van der Waals surface area contributed by atoms with E-state index in [1.165, 1.54) is 44.9 Å². The Kier molecular flexibility index (Phi) is 9.59. The normalized spacial score (nSPS) is 26.0. The van der Waals surface area contributed by atoms with Crippen molar-refractivity contribution in [3.63, 3.8) is 0 Å². The van der Waals surface area contributed by atoms with Gasteiger partial charge in [-0.15, -0.1) is 0 Å². The molecule has 1 N–H and O–H groups in total. The quantitative estimate of drug-likeness (QED) is 0.611. The molecule has 0 spiro atoms. The Labute approximate surface area is 133 Å². The molecule has 0 radical (unpaired) electrons. The van der Waals surface area contributed by atoms with Crippen LogP contribution in [0.1, 0.15) is 79.6 Å². The molecular formula is C19H39NO. The van der Waals surface area contributed by atoms with Crippen LogP contribution in [0.5, 0.6) is 0 Å². The molecule has 0 amide bonds. The van der Waals surface area contributed by atoms with Crippen molar-refractivity contribution in [2.45, 2.75) is 91.8 Å². The monoisotopic (exact) mass is 297 g/mol. The first-order chi connectivity index (χ1) is 9.99. The van der Waals surface area contributed by atoms with Crippen LogP contribution in [-0.4, -0.2) is 25.3 Å². The average molecular weight is 298 g/mol. The fourth-order valence-corrected chi connectivity index (χ4v) is 3.33. The zero-order valence-electron chi connectivity index (χ0n) is 15.2. The topological polar surface area (TPSA) is 21.3 Å². The predicted molar refractivity (Wildman–Crippen MR) is 92.7 cm³/mol. The maximum Gasteiger partial charge on any atom is 0.0628 e. The first-order valence-electron chi connectivity index (χ1n) is 9.35. The van der Waals surface area contributed by atoms with Crippen molar-refractivity contribution < 1.29 is 4.74 Å². The molecule has 0 aliphatic carbocycles. The lowest BCUT2D eigenvalue weighted by atomic mass is 9.94. The Balaban J connectivity index is 2.05. The van der Waals surface area contributed by atoms with Crippen molar-refractivity contribution in [3.8, 4) is 0 Å². The van der Waals surface area contributed by atoms with Gasteiger partial charge in [0.25, 0.3) is 0 Å². The second-order valence-electron chi connectivity index (χ2n) is 7.82. The molecule has 1 heterocycles. The van der Waals surface area contributed by atoms with Crippen molar-refractivity contribution in [1.82, 2.24) is 5.32 Å². The van der Waals surface area contributed by atoms with E-state index in [0.717, 1.165) is 24.9 Å². The first-order valence-corrected chi connectivity index (χ1v) is 9.35. The summed E-state index contributed by atoms with van der Waals surface area (Å²) in [5.74, 6) is 2.41. The van der Waals surface area contributed by atoms with E-state index >= 15 is 0 Å². The number of hydrogen-bond donors (Lipinski definition) is 1. The molecule has 1 saturated heterocycles. The Morgan fingerprint density at radius 2 is 1.67 bits per heavy atom. The lowest BCUT2D eigenvalue weighted by Crippen LogP contribution is -2.41. The van der Waals surface area contributed by atoms with E-state index in [1.54, 1.807) is 0 Å². The van der Waals surface area contributed by atoms with E-state index in [4.69, 9.17) is 4.74 Å². The van der Waals surface area contributed by atoms with Crippen LogP contribution in [0, 0.1) is 17.8 Å². The zero-order chi connectivity index (χ0) is 15.7. The zero-order valence-corrected chi connectivity index (χ0v) is 15.2. The highest BCUT2D eigenvalue weighted by atomic mass is 16.5. The van der Waals surface area contributed by atoms with Gasteiger partial charge in [0.05, 0.1) is 12.2 Å². The summed E-state index contributed by atoms with van der Waals surface area (Å²) < 4.78 is 6.26. The van der Waals surface area contributed by atoms with Crippen LogP contribution in [0.15, 0.2) is 0 Å². The van der Waals surface area contributed by atoms with Gasteiger partial charge in [0.2, 0.25) is 0 Å². The van der Waals surface area contributed by atoms with Crippen molar-refractivity contribution in [2.24, 2.45) is 17.8 Å². The SMILES string of the molecule is CC(C)CCCC(C)CCCC(C)OC1CCNCC1C. The summed E-state index contributed by atoms with van der Waals surface area (Å²) in [5.41, 5.74) is 0. The summed E-state index contributed by atoms with van der Waals surface area (Å²) >= 11 is 0. The number of ether oxygens (including phenoxy) is 1. The third-order valence-corrected chi connectivity index (χ3v) is 4.90. The molecule has 1 aliphatic heterocycles. The average Bonchev–Trinajstić information content (AvgIpc) is 2.41. The Bertz CT molecular complexity index is 254. The third kappa shape index (κ3) is 8.83. The Morgan fingerprint density at radius 3 is 2.29 bits per heavy atom. The van der Waals surface area contributed by atoms with Crippen LogP contribution in [0.25, 0.3) is 0 Å². The van der Waals surface area contributed by atoms with Crippen LogP contribution in [-0.2, 0) is 4.74 Å². The fraction of sp³-hybridized carbons (Fsp3) is 1.00. The summed E-state index contributed by atoms with van der Waals surface area (Å²) in [6.45, 7) is 13.9. The summed E-state index contributed by atoms with van der Waals surface area (Å²) in [7, 11) is 0. The first kappa shape index (κ1) is 19.0. The van der Waals surface area contributed by atoms with Crippen molar-refractivity contribution in [3.05, 3.63) is 0 Å². The minimum atomic E-state index is 0.429. The molecule has 1 rings (SSSR count). The summed E-state index contributed by atoms with van der Waals surface area (Å²) in [6, 6.07) is 0. The molecule has 0 saturated carbocycles. The summed E-state index contributed by atoms with van der Waals surface area (Å²) in [4.78, 5) is 0. The van der Waals surface area contributed by atoms with Gasteiger partial charge in [-0.2, -0.15) is 0 Å². The minimum Gasteiger partial charge on any atom is -0.375 e. The van der Waals surface area contributed by atoms with Gasteiger partial charge in [0.15, 0.2) is 0 Å². The van der Waals surface area contributed by atoms with E-state index in [2.05, 4.69) is 39.9 Å². The van der Waals surface area contributed by atoms with Crippen LogP contribution < -0.4 is 5.32 Å². The molecule has 0 aromatic carbocycles. The largest absolute Gasteiger partial charge is 0.375 e. The van der Waals surface area contributed by atoms with Crippen LogP contribution >= 0.6 is 0 Å². The number of piperidine rings is 1. The molecule has 0 aromatic rings. The molecule has 1 fully saturated rings. The fourth-order valence-electron chi connectivity index (χ4n) is 3.33. The second kappa shape index (κ2) is 10.6. The predicted octanol–water partition coefficient (Wildman–Crippen LogP) is 5.02. The Morgan fingerprint density at radius 1 is 1.00 bits per heavy atom. The van der Waals surface area contributed by atoms with Crippen molar-refractivity contribution in [1.29, 1.82) is 0 Å². The van der Waals surface area contributed by atoms with Gasteiger partial charge in [0, 0.05) is 6.54 Å². The van der Waals surface area contributed by atoms with Crippen LogP contribution in [0.3, 0.4) is 0 Å². The van der Waals surface area contributed by atoms with E-state index in [-0.39, 0.29) is 0 Å². The van der Waals surface area contributed by atoms with Gasteiger partial charge in [-0.1, -0.05) is 59.8 Å². The second-order valence-corrected chi connectivity index (χ2v) is 7.82. The highest BCUT2D eigenvalue weighted by molar-refractivity contribution is 4.76. The third-order valence-electron chi connectivity index (χ3n) is 4.90. The number of rotatable bonds is 10. The van der Waals surface area contributed by atoms with E-state index < -0.39 is 0 Å². The van der Waals surface area contributed by atoms with Crippen LogP contribution in [0.2, 0.25) is 0 Å². The van der Waals surface area contributed by atoms with E-state index in [9.17, 15) is 0 Å². The maximum atomic E-state index is 6.26. The van der Waals surface area contributed by atoms with E-state index in [1.807, 2.05) is 0 Å². The summed E-state index contributed by atoms with van der Waals surface area (Å²) in [6.07, 6.45) is 10.2. The van der Waals surface area contributed by atoms with Crippen molar-refractivity contribution >= 4 is 0 Å². The summed E-state index contributed by atoms with van der Waals surface area (Å²) in [5, 5.41) is 3.44. The molecular weight excluding hydrogens is 258 g/mol.